The molecule has 0 saturated heterocycles. The molecule has 2 aromatic carbocycles. The van der Waals surface area contributed by atoms with E-state index in [4.69, 9.17) is 32.0 Å². The summed E-state index contributed by atoms with van der Waals surface area (Å²) in [6.07, 6.45) is 8.35. The lowest BCUT2D eigenvalue weighted by molar-refractivity contribution is 0.403. The first-order valence-corrected chi connectivity index (χ1v) is 10.3. The topological polar surface area (TPSA) is 73.1 Å². The number of rotatable bonds is 5. The molecule has 166 valence electrons. The Hall–Kier alpha value is -2.05. The van der Waals surface area contributed by atoms with E-state index in [0.717, 1.165) is 40.9 Å². The molecule has 0 aliphatic heterocycles. The van der Waals surface area contributed by atoms with E-state index in [-0.39, 0.29) is 36.9 Å². The zero-order valence-corrected chi connectivity index (χ0v) is 19.6. The number of nitrogens with one attached hydrogen (secondary N) is 1. The molecular formula is C23H27Cl3N4O. The minimum atomic E-state index is 0. The quantitative estimate of drug-likeness (QED) is 0.468. The molecule has 0 bridgehead atoms. The van der Waals surface area contributed by atoms with Crippen molar-refractivity contribution in [1.82, 2.24) is 9.97 Å². The van der Waals surface area contributed by atoms with Gasteiger partial charge in [-0.15, -0.1) is 24.8 Å². The molecule has 3 N–H and O–H groups in total. The minimum Gasteiger partial charge on any atom is -0.497 e. The van der Waals surface area contributed by atoms with Crippen molar-refractivity contribution in [3.05, 3.63) is 58.9 Å². The Morgan fingerprint density at radius 2 is 1.77 bits per heavy atom. The van der Waals surface area contributed by atoms with E-state index in [1.807, 2.05) is 54.6 Å². The molecule has 4 rings (SSSR count). The average molecular weight is 482 g/mol. The van der Waals surface area contributed by atoms with Crippen LogP contribution in [0.1, 0.15) is 37.1 Å². The Labute approximate surface area is 200 Å². The molecule has 1 aromatic heterocycles. The van der Waals surface area contributed by atoms with Crippen molar-refractivity contribution in [2.45, 2.75) is 37.8 Å². The third kappa shape index (κ3) is 6.23. The van der Waals surface area contributed by atoms with Gasteiger partial charge in [-0.3, -0.25) is 0 Å². The number of hydrogen-bond acceptors (Lipinski definition) is 5. The number of nitrogens with zero attached hydrogens (tertiary/aromatic N) is 2. The lowest BCUT2D eigenvalue weighted by atomic mass is 9.91. The second-order valence-corrected chi connectivity index (χ2v) is 7.83. The van der Waals surface area contributed by atoms with Crippen LogP contribution in [-0.4, -0.2) is 29.2 Å². The summed E-state index contributed by atoms with van der Waals surface area (Å²) >= 11 is 5.97. The summed E-state index contributed by atoms with van der Waals surface area (Å²) in [5.74, 6) is 2.22. The highest BCUT2D eigenvalue weighted by Crippen LogP contribution is 2.28. The van der Waals surface area contributed by atoms with Gasteiger partial charge < -0.3 is 15.8 Å². The first-order valence-electron chi connectivity index (χ1n) is 9.94. The standard InChI is InChI=1S/C23H25ClN4O.2ClH/c1-29-17-11-12-20-18(14-17)23(27-21-5-3-2-4-19(21)25)28-22(26-20)13-8-15-6-9-16(24)10-7-15;;/h6-14,19,21H,2-5,25H2,1H3,(H,26,27,28);2*1H/b13-8+;;. The normalized spacial score (nSPS) is 18.3. The number of ether oxygens (including phenoxy) is 1. The first kappa shape index (κ1) is 25.2. The number of methoxy groups -OCH3 is 1. The molecule has 31 heavy (non-hydrogen) atoms. The summed E-state index contributed by atoms with van der Waals surface area (Å²) in [6.45, 7) is 0. The number of hydrogen-bond donors (Lipinski definition) is 2. The number of halogens is 3. The fraction of sp³-hybridized carbons (Fsp3) is 0.304. The fourth-order valence-electron chi connectivity index (χ4n) is 3.70. The molecule has 2 unspecified atom stereocenters. The lowest BCUT2D eigenvalue weighted by Gasteiger charge is -2.30. The molecule has 0 amide bonds. The molecule has 3 aromatic rings. The summed E-state index contributed by atoms with van der Waals surface area (Å²) in [5, 5.41) is 5.24. The highest BCUT2D eigenvalue weighted by molar-refractivity contribution is 6.30. The highest BCUT2D eigenvalue weighted by atomic mass is 35.5. The molecule has 1 heterocycles. The van der Waals surface area contributed by atoms with Crippen LogP contribution in [0.2, 0.25) is 5.02 Å². The van der Waals surface area contributed by atoms with Crippen LogP contribution in [0.25, 0.3) is 23.1 Å². The largest absolute Gasteiger partial charge is 0.497 e. The van der Waals surface area contributed by atoms with Gasteiger partial charge in [0.15, 0.2) is 5.82 Å². The van der Waals surface area contributed by atoms with Gasteiger partial charge in [0.05, 0.1) is 12.6 Å². The minimum absolute atomic E-state index is 0. The third-order valence-electron chi connectivity index (χ3n) is 5.36. The van der Waals surface area contributed by atoms with Crippen molar-refractivity contribution >= 4 is 65.3 Å². The molecule has 1 saturated carbocycles. The molecule has 2 atom stereocenters. The monoisotopic (exact) mass is 480 g/mol. The van der Waals surface area contributed by atoms with Gasteiger partial charge in [-0.2, -0.15) is 0 Å². The van der Waals surface area contributed by atoms with Crippen LogP contribution in [-0.2, 0) is 0 Å². The van der Waals surface area contributed by atoms with Crippen LogP contribution >= 0.6 is 36.4 Å². The Morgan fingerprint density at radius 1 is 1.03 bits per heavy atom. The van der Waals surface area contributed by atoms with Crippen molar-refractivity contribution in [1.29, 1.82) is 0 Å². The number of anilines is 1. The van der Waals surface area contributed by atoms with Gasteiger partial charge in [0.1, 0.15) is 11.6 Å². The number of nitrogens with two attached hydrogens (primary N) is 1. The Kier molecular flexibility index (Phi) is 9.38. The summed E-state index contributed by atoms with van der Waals surface area (Å²) in [5.41, 5.74) is 8.26. The lowest BCUT2D eigenvalue weighted by Crippen LogP contribution is -2.42. The maximum atomic E-state index is 6.36. The average Bonchev–Trinajstić information content (AvgIpc) is 2.74. The Balaban J connectivity index is 0.00000171. The zero-order chi connectivity index (χ0) is 20.2. The van der Waals surface area contributed by atoms with E-state index in [2.05, 4.69) is 5.32 Å². The van der Waals surface area contributed by atoms with Crippen molar-refractivity contribution in [2.75, 3.05) is 12.4 Å². The second-order valence-electron chi connectivity index (χ2n) is 7.40. The SMILES string of the molecule is COc1ccc2nc(/C=C/c3ccc(Cl)cc3)nc(NC3CCCCC3N)c2c1.Cl.Cl. The third-order valence-corrected chi connectivity index (χ3v) is 5.61. The predicted molar refractivity (Wildman–Crippen MR) is 135 cm³/mol. The van der Waals surface area contributed by atoms with E-state index in [1.165, 1.54) is 12.8 Å². The highest BCUT2D eigenvalue weighted by Gasteiger charge is 2.23. The number of aromatic nitrogens is 2. The van der Waals surface area contributed by atoms with Gasteiger partial charge in [0, 0.05) is 22.5 Å². The fourth-order valence-corrected chi connectivity index (χ4v) is 3.82. The molecule has 0 spiro atoms. The zero-order valence-electron chi connectivity index (χ0n) is 17.3. The molecule has 5 nitrogen and oxygen atoms in total. The van der Waals surface area contributed by atoms with E-state index in [1.54, 1.807) is 7.11 Å². The molecular weight excluding hydrogens is 455 g/mol. The van der Waals surface area contributed by atoms with Crippen LogP contribution < -0.4 is 15.8 Å². The van der Waals surface area contributed by atoms with Crippen LogP contribution in [0.15, 0.2) is 42.5 Å². The molecule has 1 aliphatic rings. The predicted octanol–water partition coefficient (Wildman–Crippen LogP) is 5.99. The van der Waals surface area contributed by atoms with Crippen LogP contribution in [0.3, 0.4) is 0 Å². The molecule has 1 fully saturated rings. The van der Waals surface area contributed by atoms with E-state index in [9.17, 15) is 0 Å². The molecule has 1 aliphatic carbocycles. The van der Waals surface area contributed by atoms with Gasteiger partial charge in [-0.1, -0.05) is 42.7 Å². The summed E-state index contributed by atoms with van der Waals surface area (Å²) in [4.78, 5) is 9.50. The maximum absolute atomic E-state index is 6.36. The van der Waals surface area contributed by atoms with E-state index >= 15 is 0 Å². The van der Waals surface area contributed by atoms with Gasteiger partial charge >= 0.3 is 0 Å². The van der Waals surface area contributed by atoms with Crippen molar-refractivity contribution in [3.8, 4) is 5.75 Å². The van der Waals surface area contributed by atoms with Crippen molar-refractivity contribution in [2.24, 2.45) is 5.73 Å². The van der Waals surface area contributed by atoms with Crippen LogP contribution in [0.4, 0.5) is 5.82 Å². The number of benzene rings is 2. The summed E-state index contributed by atoms with van der Waals surface area (Å²) < 4.78 is 5.40. The van der Waals surface area contributed by atoms with Crippen LogP contribution in [0.5, 0.6) is 5.75 Å². The van der Waals surface area contributed by atoms with E-state index in [0.29, 0.717) is 10.8 Å². The molecule has 8 heteroatoms. The van der Waals surface area contributed by atoms with Crippen molar-refractivity contribution in [3.63, 3.8) is 0 Å². The van der Waals surface area contributed by atoms with E-state index < -0.39 is 0 Å². The van der Waals surface area contributed by atoms with Gasteiger partial charge in [-0.05, 0) is 54.8 Å². The molecule has 0 radical (unpaired) electrons. The van der Waals surface area contributed by atoms with Gasteiger partial charge in [-0.25, -0.2) is 9.97 Å². The smallest absolute Gasteiger partial charge is 0.154 e. The Morgan fingerprint density at radius 3 is 2.48 bits per heavy atom. The number of fused-ring (bicyclic) bond motifs is 1. The van der Waals surface area contributed by atoms with Gasteiger partial charge in [0.2, 0.25) is 0 Å². The summed E-state index contributed by atoms with van der Waals surface area (Å²) in [7, 11) is 1.66. The first-order chi connectivity index (χ1) is 14.1. The summed E-state index contributed by atoms with van der Waals surface area (Å²) in [6, 6.07) is 13.8. The van der Waals surface area contributed by atoms with Gasteiger partial charge in [0.25, 0.3) is 0 Å². The van der Waals surface area contributed by atoms with Crippen LogP contribution in [0, 0.1) is 0 Å². The Bertz CT molecular complexity index is 1030. The maximum Gasteiger partial charge on any atom is 0.154 e. The van der Waals surface area contributed by atoms with Crippen molar-refractivity contribution < 1.29 is 4.74 Å². The second kappa shape index (κ2) is 11.5.